The first-order valence-corrected chi connectivity index (χ1v) is 7.81. The van der Waals surface area contributed by atoms with E-state index in [2.05, 4.69) is 15.5 Å². The van der Waals surface area contributed by atoms with Crippen LogP contribution in [0.15, 0.2) is 18.2 Å². The number of hydrogen-bond acceptors (Lipinski definition) is 5. The van der Waals surface area contributed by atoms with Crippen LogP contribution in [0.4, 0.5) is 11.4 Å². The van der Waals surface area contributed by atoms with Crippen LogP contribution in [0.5, 0.6) is 0 Å². The molecule has 4 N–H and O–H groups in total. The van der Waals surface area contributed by atoms with E-state index in [4.69, 9.17) is 10.5 Å². The minimum Gasteiger partial charge on any atom is -0.397 e. The third kappa shape index (κ3) is 5.54. The molecular weight excluding hydrogens is 296 g/mol. The highest BCUT2D eigenvalue weighted by Gasteiger charge is 2.15. The molecule has 2 rings (SSSR count). The Balaban J connectivity index is 1.70. The number of nitrogens with two attached hydrogens (primary N) is 1. The molecule has 1 fully saturated rings. The maximum Gasteiger partial charge on any atom is 0.313 e. The summed E-state index contributed by atoms with van der Waals surface area (Å²) in [6, 6.07) is 5.28. The van der Waals surface area contributed by atoms with Gasteiger partial charge in [0.25, 0.3) is 0 Å². The van der Waals surface area contributed by atoms with Crippen molar-refractivity contribution in [1.29, 1.82) is 0 Å². The molecule has 1 aliphatic heterocycles. The summed E-state index contributed by atoms with van der Waals surface area (Å²) in [5.74, 6) is -1.35. The largest absolute Gasteiger partial charge is 0.397 e. The van der Waals surface area contributed by atoms with Gasteiger partial charge in [0.15, 0.2) is 0 Å². The molecule has 0 atom stereocenters. The summed E-state index contributed by atoms with van der Waals surface area (Å²) in [6.45, 7) is 6.59. The summed E-state index contributed by atoms with van der Waals surface area (Å²) in [4.78, 5) is 25.9. The smallest absolute Gasteiger partial charge is 0.313 e. The molecule has 0 aromatic heterocycles. The standard InChI is InChI=1S/C16H24N4O3/c1-12-3-4-13(17)14(11-12)19-16(22)15(21)18-5-2-6-20-7-9-23-10-8-20/h3-4,11H,2,5-10,17H2,1H3,(H,18,21)(H,19,22). The van der Waals surface area contributed by atoms with Crippen LogP contribution < -0.4 is 16.4 Å². The van der Waals surface area contributed by atoms with Gasteiger partial charge in [-0.1, -0.05) is 6.07 Å². The number of amides is 2. The van der Waals surface area contributed by atoms with Crippen LogP contribution in [0, 0.1) is 6.92 Å². The zero-order valence-electron chi connectivity index (χ0n) is 13.4. The van der Waals surface area contributed by atoms with Crippen molar-refractivity contribution in [1.82, 2.24) is 10.2 Å². The number of anilines is 2. The van der Waals surface area contributed by atoms with Gasteiger partial charge in [0, 0.05) is 19.6 Å². The second-order valence-electron chi connectivity index (χ2n) is 5.61. The monoisotopic (exact) mass is 320 g/mol. The minimum atomic E-state index is -0.700. The van der Waals surface area contributed by atoms with E-state index < -0.39 is 11.8 Å². The van der Waals surface area contributed by atoms with E-state index in [0.717, 1.165) is 44.8 Å². The van der Waals surface area contributed by atoms with Gasteiger partial charge < -0.3 is 21.1 Å². The number of carbonyl (C=O) groups is 2. The zero-order valence-corrected chi connectivity index (χ0v) is 13.4. The highest BCUT2D eigenvalue weighted by atomic mass is 16.5. The van der Waals surface area contributed by atoms with E-state index in [1.165, 1.54) is 0 Å². The Bertz CT molecular complexity index is 556. The van der Waals surface area contributed by atoms with Crippen molar-refractivity contribution in [3.8, 4) is 0 Å². The molecule has 0 aliphatic carbocycles. The summed E-state index contributed by atoms with van der Waals surface area (Å²) in [5, 5.41) is 5.16. The van der Waals surface area contributed by atoms with Crippen LogP contribution in [-0.2, 0) is 14.3 Å². The minimum absolute atomic E-state index is 0.434. The number of nitrogens with one attached hydrogen (secondary N) is 2. The highest BCUT2D eigenvalue weighted by Crippen LogP contribution is 2.19. The Kier molecular flexibility index (Phi) is 6.37. The number of rotatable bonds is 5. The third-order valence-corrected chi connectivity index (χ3v) is 3.70. The second kappa shape index (κ2) is 8.50. The van der Waals surface area contributed by atoms with E-state index in [-0.39, 0.29) is 0 Å². The number of hydrogen-bond donors (Lipinski definition) is 3. The number of nitrogens with zero attached hydrogens (tertiary/aromatic N) is 1. The number of nitrogen functional groups attached to an aromatic ring is 1. The first-order valence-electron chi connectivity index (χ1n) is 7.81. The van der Waals surface area contributed by atoms with Crippen molar-refractivity contribution in [3.63, 3.8) is 0 Å². The lowest BCUT2D eigenvalue weighted by Crippen LogP contribution is -2.39. The van der Waals surface area contributed by atoms with Gasteiger partial charge in [0.2, 0.25) is 0 Å². The summed E-state index contributed by atoms with van der Waals surface area (Å²) in [6.07, 6.45) is 0.797. The molecular formula is C16H24N4O3. The highest BCUT2D eigenvalue weighted by molar-refractivity contribution is 6.39. The Hall–Kier alpha value is -2.12. The van der Waals surface area contributed by atoms with Crippen molar-refractivity contribution in [2.45, 2.75) is 13.3 Å². The Morgan fingerprint density at radius 1 is 1.26 bits per heavy atom. The van der Waals surface area contributed by atoms with Gasteiger partial charge in [-0.25, -0.2) is 0 Å². The first-order chi connectivity index (χ1) is 11.1. The maximum absolute atomic E-state index is 11.9. The first kappa shape index (κ1) is 17.2. The SMILES string of the molecule is Cc1ccc(N)c(NC(=O)C(=O)NCCCN2CCOCC2)c1. The van der Waals surface area contributed by atoms with Crippen LogP contribution in [0.25, 0.3) is 0 Å². The molecule has 1 saturated heterocycles. The number of morpholine rings is 1. The Morgan fingerprint density at radius 2 is 2.00 bits per heavy atom. The summed E-state index contributed by atoms with van der Waals surface area (Å²) >= 11 is 0. The summed E-state index contributed by atoms with van der Waals surface area (Å²) in [7, 11) is 0. The molecule has 0 unspecified atom stereocenters. The molecule has 23 heavy (non-hydrogen) atoms. The maximum atomic E-state index is 11.9. The third-order valence-electron chi connectivity index (χ3n) is 3.70. The average molecular weight is 320 g/mol. The number of carbonyl (C=O) groups excluding carboxylic acids is 2. The lowest BCUT2D eigenvalue weighted by molar-refractivity contribution is -0.136. The normalized spacial score (nSPS) is 15.2. The van der Waals surface area contributed by atoms with E-state index >= 15 is 0 Å². The van der Waals surface area contributed by atoms with E-state index in [0.29, 0.717) is 17.9 Å². The van der Waals surface area contributed by atoms with Gasteiger partial charge in [0.05, 0.1) is 24.6 Å². The van der Waals surface area contributed by atoms with Crippen LogP contribution in [0.1, 0.15) is 12.0 Å². The predicted molar refractivity (Wildman–Crippen MR) is 89.1 cm³/mol. The fourth-order valence-corrected chi connectivity index (χ4v) is 2.37. The molecule has 7 nitrogen and oxygen atoms in total. The Morgan fingerprint density at radius 3 is 2.74 bits per heavy atom. The van der Waals surface area contributed by atoms with E-state index in [1.54, 1.807) is 12.1 Å². The van der Waals surface area contributed by atoms with Crippen molar-refractivity contribution in [3.05, 3.63) is 23.8 Å². The van der Waals surface area contributed by atoms with Crippen molar-refractivity contribution >= 4 is 23.2 Å². The van der Waals surface area contributed by atoms with Crippen molar-refractivity contribution < 1.29 is 14.3 Å². The van der Waals surface area contributed by atoms with E-state index in [1.807, 2.05) is 13.0 Å². The Labute approximate surface area is 136 Å². The van der Waals surface area contributed by atoms with Crippen LogP contribution >= 0.6 is 0 Å². The van der Waals surface area contributed by atoms with Gasteiger partial charge in [-0.3, -0.25) is 14.5 Å². The molecule has 0 saturated carbocycles. The molecule has 0 spiro atoms. The van der Waals surface area contributed by atoms with Crippen LogP contribution in [-0.4, -0.2) is 56.1 Å². The van der Waals surface area contributed by atoms with Gasteiger partial charge in [-0.05, 0) is 37.6 Å². The molecule has 126 valence electrons. The quantitative estimate of drug-likeness (QED) is 0.413. The fourth-order valence-electron chi connectivity index (χ4n) is 2.37. The van der Waals surface area contributed by atoms with Gasteiger partial charge >= 0.3 is 11.8 Å². The van der Waals surface area contributed by atoms with Crippen LogP contribution in [0.2, 0.25) is 0 Å². The molecule has 7 heteroatoms. The number of ether oxygens (including phenoxy) is 1. The average Bonchev–Trinajstić information content (AvgIpc) is 2.55. The predicted octanol–water partition coefficient (Wildman–Crippen LogP) is 0.354. The van der Waals surface area contributed by atoms with Crippen molar-refractivity contribution in [2.24, 2.45) is 0 Å². The molecule has 1 heterocycles. The summed E-state index contributed by atoms with van der Waals surface area (Å²) in [5.41, 5.74) is 7.63. The van der Waals surface area contributed by atoms with Gasteiger partial charge in [-0.15, -0.1) is 0 Å². The molecule has 2 amide bonds. The lowest BCUT2D eigenvalue weighted by Gasteiger charge is -2.26. The van der Waals surface area contributed by atoms with Crippen molar-refractivity contribution in [2.75, 3.05) is 50.4 Å². The van der Waals surface area contributed by atoms with E-state index in [9.17, 15) is 9.59 Å². The fraction of sp³-hybridized carbons (Fsp3) is 0.500. The molecule has 1 aliphatic rings. The molecule has 0 radical (unpaired) electrons. The van der Waals surface area contributed by atoms with Gasteiger partial charge in [0.1, 0.15) is 0 Å². The van der Waals surface area contributed by atoms with Crippen LogP contribution in [0.3, 0.4) is 0 Å². The zero-order chi connectivity index (χ0) is 16.7. The van der Waals surface area contributed by atoms with Gasteiger partial charge in [-0.2, -0.15) is 0 Å². The topological polar surface area (TPSA) is 96.7 Å². The molecule has 1 aromatic rings. The molecule has 0 bridgehead atoms. The molecule has 1 aromatic carbocycles. The number of aryl methyl sites for hydroxylation is 1. The lowest BCUT2D eigenvalue weighted by atomic mass is 10.2. The number of benzene rings is 1. The summed E-state index contributed by atoms with van der Waals surface area (Å²) < 4.78 is 5.28. The second-order valence-corrected chi connectivity index (χ2v) is 5.61.